The van der Waals surface area contributed by atoms with Gasteiger partial charge in [-0.15, -0.1) is 0 Å². The van der Waals surface area contributed by atoms with Crippen molar-refractivity contribution in [1.29, 1.82) is 0 Å². The van der Waals surface area contributed by atoms with Crippen molar-refractivity contribution < 1.29 is 27.6 Å². The van der Waals surface area contributed by atoms with Crippen molar-refractivity contribution in [3.63, 3.8) is 0 Å². The summed E-state index contributed by atoms with van der Waals surface area (Å²) in [5, 5.41) is 7.57. The summed E-state index contributed by atoms with van der Waals surface area (Å²) in [5.41, 5.74) is -0.0590. The molecule has 68 valence electrons. The second-order valence-electron chi connectivity index (χ2n) is 1.24. The molecule has 0 bridgehead atoms. The number of amides is 1. The van der Waals surface area contributed by atoms with Gasteiger partial charge in [-0.05, 0) is 6.92 Å². The molecule has 0 aliphatic rings. The highest BCUT2D eigenvalue weighted by atomic mass is 19.4. The van der Waals surface area contributed by atoms with Crippen LogP contribution in [-0.2, 0) is 4.79 Å². The Morgan fingerprint density at radius 1 is 1.55 bits per heavy atom. The van der Waals surface area contributed by atoms with Gasteiger partial charge in [0.05, 0.1) is 0 Å². The first kappa shape index (κ1) is 12.8. The molecule has 3 nitrogen and oxygen atoms in total. The first-order valence-electron chi connectivity index (χ1n) is 2.48. The third kappa shape index (κ3) is 9.15. The lowest BCUT2D eigenvalue weighted by atomic mass is 10.6. The predicted molar refractivity (Wildman–Crippen MR) is 28.1 cm³/mol. The van der Waals surface area contributed by atoms with Crippen molar-refractivity contribution in [2.45, 2.75) is 13.1 Å². The van der Waals surface area contributed by atoms with Crippen LogP contribution >= 0.6 is 0 Å². The molecule has 0 fully saturated rings. The van der Waals surface area contributed by atoms with Gasteiger partial charge in [0.15, 0.2) is 0 Å². The molecule has 11 heavy (non-hydrogen) atoms. The number of halogens is 4. The largest absolute Gasteiger partial charge is 0.473 e. The Hall–Kier alpha value is -0.850. The van der Waals surface area contributed by atoms with Crippen LogP contribution in [0, 0.1) is 0 Å². The molecule has 2 N–H and O–H groups in total. The summed E-state index contributed by atoms with van der Waals surface area (Å²) >= 11 is 0. The van der Waals surface area contributed by atoms with Gasteiger partial charge in [0.25, 0.3) is 0 Å². The van der Waals surface area contributed by atoms with E-state index in [-0.39, 0.29) is 12.1 Å². The van der Waals surface area contributed by atoms with E-state index in [1.165, 1.54) is 0 Å². The summed E-state index contributed by atoms with van der Waals surface area (Å²) in [4.78, 5) is 9.22. The molecule has 0 aromatic carbocycles. The minimum atomic E-state index is -5.12. The highest BCUT2D eigenvalue weighted by Crippen LogP contribution is 2.13. The number of hydrogen-bond acceptors (Lipinski definition) is 2. The fourth-order valence-corrected chi connectivity index (χ4v) is 0.0536. The Balaban J connectivity index is 0. The summed E-state index contributed by atoms with van der Waals surface area (Å²) in [5.74, 6) is -2.59. The first-order chi connectivity index (χ1) is 4.90. The zero-order valence-electron chi connectivity index (χ0n) is 5.57. The van der Waals surface area contributed by atoms with E-state index < -0.39 is 12.1 Å². The van der Waals surface area contributed by atoms with Crippen molar-refractivity contribution in [2.75, 3.05) is 6.61 Å². The fourth-order valence-electron chi connectivity index (χ4n) is 0.0536. The summed E-state index contributed by atoms with van der Waals surface area (Å²) in [6.07, 6.45) is -5.12. The van der Waals surface area contributed by atoms with Gasteiger partial charge in [-0.25, -0.2) is 0 Å². The van der Waals surface area contributed by atoms with Gasteiger partial charge in [0, 0.05) is 6.61 Å². The Labute approximate surface area is 59.9 Å². The summed E-state index contributed by atoms with van der Waals surface area (Å²) in [7, 11) is 0. The maximum absolute atomic E-state index is 10.8. The van der Waals surface area contributed by atoms with E-state index in [1.807, 2.05) is 0 Å². The van der Waals surface area contributed by atoms with Crippen molar-refractivity contribution >= 4 is 5.91 Å². The molecule has 1 amide bonds. The van der Waals surface area contributed by atoms with Crippen LogP contribution in [0.15, 0.2) is 0 Å². The van der Waals surface area contributed by atoms with Crippen LogP contribution in [0.3, 0.4) is 0 Å². The molecular formula is C4H7F4NO2. The van der Waals surface area contributed by atoms with Gasteiger partial charge >= 0.3 is 12.1 Å². The molecule has 0 unspecified atom stereocenters. The fraction of sp³-hybridized carbons (Fsp3) is 0.750. The van der Waals surface area contributed by atoms with Crippen LogP contribution in [0.2, 0.25) is 0 Å². The highest BCUT2D eigenvalue weighted by molar-refractivity contribution is 5.80. The van der Waals surface area contributed by atoms with Crippen LogP contribution in [-0.4, -0.2) is 23.8 Å². The first-order valence-corrected chi connectivity index (χ1v) is 2.48. The number of rotatable bonds is 0. The van der Waals surface area contributed by atoms with Gasteiger partial charge in [-0.1, -0.05) is 4.48 Å². The Bertz CT molecular complexity index is 113. The van der Waals surface area contributed by atoms with Gasteiger partial charge in [0.1, 0.15) is 0 Å². The Morgan fingerprint density at radius 2 is 1.82 bits per heavy atom. The van der Waals surface area contributed by atoms with E-state index in [0.29, 0.717) is 0 Å². The van der Waals surface area contributed by atoms with Gasteiger partial charge in [-0.2, -0.15) is 18.7 Å². The third-order valence-electron chi connectivity index (χ3n) is 0.343. The second-order valence-corrected chi connectivity index (χ2v) is 1.24. The number of nitrogens with one attached hydrogen (secondary N) is 1. The lowest BCUT2D eigenvalue weighted by Crippen LogP contribution is -2.31. The summed E-state index contributed by atoms with van der Waals surface area (Å²) in [6, 6.07) is 0. The highest BCUT2D eigenvalue weighted by Gasteiger charge is 2.38. The predicted octanol–water partition coefficient (Wildman–Crippen LogP) is 0.548. The number of carbonyl (C=O) groups is 1. The lowest BCUT2D eigenvalue weighted by molar-refractivity contribution is -0.178. The van der Waals surface area contributed by atoms with E-state index in [2.05, 4.69) is 0 Å². The molecule has 0 aromatic rings. The number of hydrogen-bond donors (Lipinski definition) is 2. The van der Waals surface area contributed by atoms with E-state index >= 15 is 0 Å². The smallest absolute Gasteiger partial charge is 0.397 e. The molecule has 0 aliphatic heterocycles. The third-order valence-corrected chi connectivity index (χ3v) is 0.343. The maximum Gasteiger partial charge on any atom is 0.473 e. The molecular weight excluding hydrogens is 170 g/mol. The van der Waals surface area contributed by atoms with Gasteiger partial charge in [-0.3, -0.25) is 4.79 Å². The Morgan fingerprint density at radius 3 is 1.82 bits per heavy atom. The lowest BCUT2D eigenvalue weighted by Gasteiger charge is -1.98. The van der Waals surface area contributed by atoms with E-state index in [4.69, 9.17) is 5.11 Å². The summed E-state index contributed by atoms with van der Waals surface area (Å²) < 4.78 is 43.0. The van der Waals surface area contributed by atoms with E-state index in [1.54, 1.807) is 6.92 Å². The molecule has 7 heteroatoms. The average molecular weight is 177 g/mol. The average Bonchev–Trinajstić information content (AvgIpc) is 1.86. The van der Waals surface area contributed by atoms with Crippen LogP contribution in [0.25, 0.3) is 0 Å². The molecule has 0 radical (unpaired) electrons. The molecule has 0 aliphatic carbocycles. The van der Waals surface area contributed by atoms with Crippen LogP contribution in [0.1, 0.15) is 6.92 Å². The minimum Gasteiger partial charge on any atom is -0.397 e. The van der Waals surface area contributed by atoms with Crippen LogP contribution in [0.4, 0.5) is 17.7 Å². The standard InChI is InChI=1S/C2HF4NO.C2H6O/c3-2(4,5)1(8)7-6;1-2-3/h(H,7,8);3H,2H2,1H3. The zero-order valence-corrected chi connectivity index (χ0v) is 5.57. The monoisotopic (exact) mass is 177 g/mol. The van der Waals surface area contributed by atoms with Crippen LogP contribution < -0.4 is 5.54 Å². The topological polar surface area (TPSA) is 49.3 Å². The van der Waals surface area contributed by atoms with Crippen molar-refractivity contribution in [3.05, 3.63) is 0 Å². The zero-order chi connectivity index (χ0) is 9.49. The van der Waals surface area contributed by atoms with Crippen molar-refractivity contribution in [3.8, 4) is 0 Å². The summed E-state index contributed by atoms with van der Waals surface area (Å²) in [6.45, 7) is 1.93. The van der Waals surface area contributed by atoms with E-state index in [9.17, 15) is 22.4 Å². The normalized spacial score (nSPS) is 9.64. The van der Waals surface area contributed by atoms with E-state index in [0.717, 1.165) is 0 Å². The number of aliphatic hydroxyl groups excluding tert-OH is 1. The molecule has 0 spiro atoms. The number of alkyl halides is 3. The molecule has 0 rings (SSSR count). The molecule has 0 atom stereocenters. The number of aliphatic hydroxyl groups is 1. The van der Waals surface area contributed by atoms with Gasteiger partial charge < -0.3 is 5.11 Å². The maximum atomic E-state index is 10.8. The van der Waals surface area contributed by atoms with Crippen LogP contribution in [0.5, 0.6) is 0 Å². The molecule has 0 heterocycles. The molecule has 0 saturated heterocycles. The van der Waals surface area contributed by atoms with Crippen molar-refractivity contribution in [1.82, 2.24) is 5.54 Å². The SMILES string of the molecule is CCO.O=C(NF)C(F)(F)F. The molecule has 0 aromatic heterocycles. The van der Waals surface area contributed by atoms with Gasteiger partial charge in [0.2, 0.25) is 0 Å². The quantitative estimate of drug-likeness (QED) is 0.419. The minimum absolute atomic E-state index is 0.0590. The second kappa shape index (κ2) is 5.90. The molecule has 0 saturated carbocycles. The Kier molecular flexibility index (Phi) is 6.86. The van der Waals surface area contributed by atoms with Crippen molar-refractivity contribution in [2.24, 2.45) is 0 Å². The number of carbonyl (C=O) groups excluding carboxylic acids is 1.